The molecule has 0 aliphatic carbocycles. The van der Waals surface area contributed by atoms with Gasteiger partial charge in [0.15, 0.2) is 0 Å². The Labute approximate surface area is 83.7 Å². The fourth-order valence-electron chi connectivity index (χ4n) is 1.92. The van der Waals surface area contributed by atoms with Gasteiger partial charge in [0.2, 0.25) is 0 Å². The van der Waals surface area contributed by atoms with Crippen molar-refractivity contribution in [3.8, 4) is 0 Å². The Morgan fingerprint density at radius 2 is 1.69 bits per heavy atom. The van der Waals surface area contributed by atoms with Gasteiger partial charge in [0.1, 0.15) is 0 Å². The molecule has 0 saturated carbocycles. The summed E-state index contributed by atoms with van der Waals surface area (Å²) < 4.78 is 0. The molecule has 1 unspecified atom stereocenters. The van der Waals surface area contributed by atoms with Crippen molar-refractivity contribution >= 4 is 0 Å². The zero-order chi connectivity index (χ0) is 10.3. The number of hydrogen-bond donors (Lipinski definition) is 1. The maximum Gasteiger partial charge on any atom is 0.0355 e. The second kappa shape index (κ2) is 6.39. The molecule has 0 aromatic rings. The zero-order valence-electron chi connectivity index (χ0n) is 9.98. The van der Waals surface area contributed by atoms with Crippen LogP contribution in [0.25, 0.3) is 0 Å². The Bertz CT molecular complexity index is 117. The van der Waals surface area contributed by atoms with Crippen LogP contribution in [-0.4, -0.2) is 37.1 Å². The predicted octanol–water partition coefficient (Wildman–Crippen LogP) is 2.11. The first-order chi connectivity index (χ1) is 6.33. The Kier molecular flexibility index (Phi) is 6.35. The van der Waals surface area contributed by atoms with E-state index < -0.39 is 0 Å². The van der Waals surface area contributed by atoms with Gasteiger partial charge >= 0.3 is 0 Å². The molecule has 2 saturated heterocycles. The molecule has 13 heavy (non-hydrogen) atoms. The first kappa shape index (κ1) is 12.9. The van der Waals surface area contributed by atoms with Crippen molar-refractivity contribution in [2.75, 3.05) is 26.7 Å². The normalized spacial score (nSPS) is 31.2. The Balaban J connectivity index is 0.000000322. The summed E-state index contributed by atoms with van der Waals surface area (Å²) in [5.41, 5.74) is 0.597. The van der Waals surface area contributed by atoms with Crippen molar-refractivity contribution in [2.45, 2.75) is 46.1 Å². The molecule has 0 bridgehead atoms. The van der Waals surface area contributed by atoms with E-state index in [1.807, 2.05) is 27.7 Å². The highest BCUT2D eigenvalue weighted by atomic mass is 15.3. The largest absolute Gasteiger partial charge is 0.315 e. The first-order valence-corrected chi connectivity index (χ1v) is 5.75. The van der Waals surface area contributed by atoms with Crippen LogP contribution in [0.3, 0.4) is 0 Å². The van der Waals surface area contributed by atoms with Gasteiger partial charge in [0.25, 0.3) is 0 Å². The molecule has 2 rings (SSSR count). The Hall–Kier alpha value is -0.0800. The lowest BCUT2D eigenvalue weighted by molar-refractivity contribution is 0.0292. The van der Waals surface area contributed by atoms with Crippen LogP contribution < -0.4 is 5.32 Å². The van der Waals surface area contributed by atoms with Gasteiger partial charge in [-0.05, 0) is 26.4 Å². The monoisotopic (exact) mass is 186 g/mol. The summed E-state index contributed by atoms with van der Waals surface area (Å²) in [7, 11) is 2.23. The molecule has 2 aliphatic heterocycles. The van der Waals surface area contributed by atoms with Gasteiger partial charge < -0.3 is 5.32 Å². The topological polar surface area (TPSA) is 15.3 Å². The maximum absolute atomic E-state index is 3.40. The summed E-state index contributed by atoms with van der Waals surface area (Å²) in [5.74, 6) is 0. The molecule has 0 radical (unpaired) electrons. The van der Waals surface area contributed by atoms with Crippen molar-refractivity contribution in [2.24, 2.45) is 0 Å². The number of nitrogens with zero attached hydrogens (tertiary/aromatic N) is 1. The van der Waals surface area contributed by atoms with Crippen LogP contribution >= 0.6 is 0 Å². The second-order valence-corrected chi connectivity index (χ2v) is 3.32. The Morgan fingerprint density at radius 3 is 1.85 bits per heavy atom. The van der Waals surface area contributed by atoms with Gasteiger partial charge in [-0.1, -0.05) is 27.7 Å². The first-order valence-electron chi connectivity index (χ1n) is 5.75. The SMILES string of the molecule is CC.CC.CN1CCC12CCNC2. The number of likely N-dealkylation sites (N-methyl/N-ethyl adjacent to an activating group) is 1. The van der Waals surface area contributed by atoms with Crippen molar-refractivity contribution < 1.29 is 0 Å². The zero-order valence-corrected chi connectivity index (χ0v) is 9.98. The van der Waals surface area contributed by atoms with E-state index in [1.165, 1.54) is 32.5 Å². The summed E-state index contributed by atoms with van der Waals surface area (Å²) in [6.45, 7) is 11.8. The lowest BCUT2D eigenvalue weighted by Crippen LogP contribution is -2.58. The average Bonchev–Trinajstić information content (AvgIpc) is 2.73. The quantitative estimate of drug-likeness (QED) is 0.623. The number of likely N-dealkylation sites (tertiary alicyclic amines) is 1. The van der Waals surface area contributed by atoms with Gasteiger partial charge in [-0.2, -0.15) is 0 Å². The summed E-state index contributed by atoms with van der Waals surface area (Å²) >= 11 is 0. The minimum absolute atomic E-state index is 0.597. The molecule has 1 N–H and O–H groups in total. The van der Waals surface area contributed by atoms with Crippen LogP contribution in [0, 0.1) is 0 Å². The van der Waals surface area contributed by atoms with Crippen molar-refractivity contribution in [3.05, 3.63) is 0 Å². The summed E-state index contributed by atoms with van der Waals surface area (Å²) in [6.07, 6.45) is 2.78. The van der Waals surface area contributed by atoms with Gasteiger partial charge in [-0.3, -0.25) is 4.90 Å². The molecule has 2 heteroatoms. The van der Waals surface area contributed by atoms with E-state index in [-0.39, 0.29) is 0 Å². The van der Waals surface area contributed by atoms with Crippen molar-refractivity contribution in [1.82, 2.24) is 10.2 Å². The van der Waals surface area contributed by atoms with Gasteiger partial charge in [0.05, 0.1) is 0 Å². The van der Waals surface area contributed by atoms with Crippen LogP contribution in [0.5, 0.6) is 0 Å². The number of nitrogens with one attached hydrogen (secondary N) is 1. The third kappa shape index (κ3) is 2.68. The van der Waals surface area contributed by atoms with E-state index >= 15 is 0 Å². The molecule has 1 atom stereocenters. The predicted molar refractivity (Wildman–Crippen MR) is 60.2 cm³/mol. The molecule has 0 aromatic heterocycles. The highest BCUT2D eigenvalue weighted by Gasteiger charge is 2.43. The maximum atomic E-state index is 3.40. The third-order valence-electron chi connectivity index (χ3n) is 2.94. The molecule has 2 aliphatic rings. The highest BCUT2D eigenvalue weighted by molar-refractivity contribution is 5.03. The lowest BCUT2D eigenvalue weighted by atomic mass is 9.85. The van der Waals surface area contributed by atoms with Crippen molar-refractivity contribution in [1.29, 1.82) is 0 Å². The van der Waals surface area contributed by atoms with E-state index in [9.17, 15) is 0 Å². The van der Waals surface area contributed by atoms with E-state index in [0.717, 1.165) is 0 Å². The number of hydrogen-bond acceptors (Lipinski definition) is 2. The van der Waals surface area contributed by atoms with Gasteiger partial charge in [-0.15, -0.1) is 0 Å². The molecule has 0 amide bonds. The lowest BCUT2D eigenvalue weighted by Gasteiger charge is -2.48. The third-order valence-corrected chi connectivity index (χ3v) is 2.94. The van der Waals surface area contributed by atoms with E-state index in [0.29, 0.717) is 5.54 Å². The minimum Gasteiger partial charge on any atom is -0.315 e. The number of rotatable bonds is 0. The molecule has 80 valence electrons. The molecule has 1 spiro atoms. The fourth-order valence-corrected chi connectivity index (χ4v) is 1.92. The smallest absolute Gasteiger partial charge is 0.0355 e. The summed E-state index contributed by atoms with van der Waals surface area (Å²) in [5, 5.41) is 3.40. The summed E-state index contributed by atoms with van der Waals surface area (Å²) in [6, 6.07) is 0. The van der Waals surface area contributed by atoms with Crippen LogP contribution in [0.15, 0.2) is 0 Å². The van der Waals surface area contributed by atoms with E-state index in [2.05, 4.69) is 17.3 Å². The molecule has 2 fully saturated rings. The highest BCUT2D eigenvalue weighted by Crippen LogP contribution is 2.33. The van der Waals surface area contributed by atoms with Crippen LogP contribution in [0.2, 0.25) is 0 Å². The summed E-state index contributed by atoms with van der Waals surface area (Å²) in [4.78, 5) is 2.48. The van der Waals surface area contributed by atoms with Gasteiger partial charge in [0, 0.05) is 18.6 Å². The van der Waals surface area contributed by atoms with Crippen LogP contribution in [0.4, 0.5) is 0 Å². The molecule has 2 heterocycles. The van der Waals surface area contributed by atoms with Crippen LogP contribution in [-0.2, 0) is 0 Å². The van der Waals surface area contributed by atoms with E-state index in [1.54, 1.807) is 0 Å². The standard InChI is InChI=1S/C7H14N2.2C2H6/c1-9-5-3-7(9)2-4-8-6-7;2*1-2/h8H,2-6H2,1H3;2*1-2H3. The molecule has 0 aromatic carbocycles. The molecular formula is C11H26N2. The van der Waals surface area contributed by atoms with Gasteiger partial charge in [-0.25, -0.2) is 0 Å². The minimum atomic E-state index is 0.597. The Morgan fingerprint density at radius 1 is 1.08 bits per heavy atom. The van der Waals surface area contributed by atoms with Crippen LogP contribution in [0.1, 0.15) is 40.5 Å². The average molecular weight is 186 g/mol. The second-order valence-electron chi connectivity index (χ2n) is 3.32. The molecule has 2 nitrogen and oxygen atoms in total. The fraction of sp³-hybridized carbons (Fsp3) is 1.00. The molecular weight excluding hydrogens is 160 g/mol. The van der Waals surface area contributed by atoms with E-state index in [4.69, 9.17) is 0 Å². The van der Waals surface area contributed by atoms with Crippen molar-refractivity contribution in [3.63, 3.8) is 0 Å².